The van der Waals surface area contributed by atoms with Crippen molar-refractivity contribution in [1.29, 1.82) is 0 Å². The van der Waals surface area contributed by atoms with Crippen molar-refractivity contribution in [3.05, 3.63) is 59.7 Å². The van der Waals surface area contributed by atoms with E-state index in [-0.39, 0.29) is 35.8 Å². The van der Waals surface area contributed by atoms with Gasteiger partial charge in [-0.3, -0.25) is 9.59 Å². The van der Waals surface area contributed by atoms with Crippen LogP contribution in [0.3, 0.4) is 0 Å². The molecule has 2 aromatic rings. The fourth-order valence-electron chi connectivity index (χ4n) is 2.27. The Morgan fingerprint density at radius 3 is 1.36 bits per heavy atom. The van der Waals surface area contributed by atoms with E-state index in [4.69, 9.17) is 9.47 Å². The van der Waals surface area contributed by atoms with E-state index in [2.05, 4.69) is 9.47 Å². The third kappa shape index (κ3) is 4.94. The maximum absolute atomic E-state index is 12.0. The monoisotopic (exact) mass is 386 g/mol. The smallest absolute Gasteiger partial charge is 0.379 e. The first-order chi connectivity index (χ1) is 13.5. The van der Waals surface area contributed by atoms with Crippen LogP contribution >= 0.6 is 0 Å². The number of carbonyl (C=O) groups excluding carboxylic acids is 4. The summed E-state index contributed by atoms with van der Waals surface area (Å²) in [5, 5.41) is 0. The molecule has 8 heteroatoms. The molecule has 0 saturated carbocycles. The molecular weight excluding hydrogens is 368 g/mol. The number of Topliss-reactive ketones (excluding diaryl/α,β-unsaturated/α-hetero) is 2. The lowest BCUT2D eigenvalue weighted by molar-refractivity contribution is -0.135. The van der Waals surface area contributed by atoms with Gasteiger partial charge in [-0.25, -0.2) is 9.59 Å². The van der Waals surface area contributed by atoms with E-state index >= 15 is 0 Å². The van der Waals surface area contributed by atoms with Crippen LogP contribution in [0.25, 0.3) is 0 Å². The van der Waals surface area contributed by atoms with Crippen LogP contribution in [0.2, 0.25) is 0 Å². The summed E-state index contributed by atoms with van der Waals surface area (Å²) in [4.78, 5) is 46.9. The first-order valence-electron chi connectivity index (χ1n) is 8.18. The van der Waals surface area contributed by atoms with Crippen LogP contribution in [0.4, 0.5) is 0 Å². The number of esters is 2. The summed E-state index contributed by atoms with van der Waals surface area (Å²) in [5.41, 5.74) is 0.131. The van der Waals surface area contributed by atoms with Crippen molar-refractivity contribution in [1.82, 2.24) is 0 Å². The van der Waals surface area contributed by atoms with Crippen molar-refractivity contribution >= 4 is 23.5 Å². The molecule has 0 heterocycles. The third-order valence-corrected chi connectivity index (χ3v) is 3.60. The van der Waals surface area contributed by atoms with Crippen molar-refractivity contribution in [3.63, 3.8) is 0 Å². The molecule has 0 unspecified atom stereocenters. The SMILES string of the molecule is COC(=O)C(=O)c1ccccc1OCCOc1ccccc1C(=O)C(=O)OC. The Bertz CT molecular complexity index is 814. The molecule has 0 fully saturated rings. The molecule has 2 rings (SSSR count). The van der Waals surface area contributed by atoms with Gasteiger partial charge in [0.05, 0.1) is 25.3 Å². The zero-order chi connectivity index (χ0) is 20.5. The van der Waals surface area contributed by atoms with Crippen LogP contribution < -0.4 is 9.47 Å². The molecule has 0 aliphatic heterocycles. The number of hydrogen-bond acceptors (Lipinski definition) is 8. The molecule has 0 atom stereocenters. The number of methoxy groups -OCH3 is 2. The molecule has 0 spiro atoms. The van der Waals surface area contributed by atoms with Gasteiger partial charge in [0.15, 0.2) is 0 Å². The fraction of sp³-hybridized carbons (Fsp3) is 0.200. The summed E-state index contributed by atoms with van der Waals surface area (Å²) in [6.07, 6.45) is 0. The van der Waals surface area contributed by atoms with Crippen LogP contribution in [-0.2, 0) is 19.1 Å². The standard InChI is InChI=1S/C20H18O8/c1-25-19(23)17(21)13-7-3-5-9-15(13)27-11-12-28-16-10-6-4-8-14(16)18(22)20(24)26-2/h3-10H,11-12H2,1-2H3. The minimum absolute atomic E-state index is 0.0201. The number of benzene rings is 2. The predicted octanol–water partition coefficient (Wildman–Crippen LogP) is 1.86. The Morgan fingerprint density at radius 2 is 1.00 bits per heavy atom. The highest BCUT2D eigenvalue weighted by Gasteiger charge is 2.22. The molecule has 0 saturated heterocycles. The van der Waals surface area contributed by atoms with E-state index < -0.39 is 23.5 Å². The highest BCUT2D eigenvalue weighted by molar-refractivity contribution is 6.41. The highest BCUT2D eigenvalue weighted by Crippen LogP contribution is 2.21. The molecule has 0 amide bonds. The fourth-order valence-corrected chi connectivity index (χ4v) is 2.27. The van der Waals surface area contributed by atoms with Crippen LogP contribution in [0.1, 0.15) is 20.7 Å². The van der Waals surface area contributed by atoms with Crippen LogP contribution in [0, 0.1) is 0 Å². The van der Waals surface area contributed by atoms with Gasteiger partial charge in [-0.05, 0) is 24.3 Å². The molecule has 146 valence electrons. The topological polar surface area (TPSA) is 105 Å². The number of ether oxygens (including phenoxy) is 4. The molecule has 28 heavy (non-hydrogen) atoms. The van der Waals surface area contributed by atoms with Gasteiger partial charge < -0.3 is 18.9 Å². The van der Waals surface area contributed by atoms with Gasteiger partial charge in [0.1, 0.15) is 24.7 Å². The highest BCUT2D eigenvalue weighted by atomic mass is 16.5. The maximum Gasteiger partial charge on any atom is 0.379 e. The molecule has 0 N–H and O–H groups in total. The summed E-state index contributed by atoms with van der Waals surface area (Å²) >= 11 is 0. The number of rotatable bonds is 9. The molecule has 0 aliphatic carbocycles. The Morgan fingerprint density at radius 1 is 0.643 bits per heavy atom. The van der Waals surface area contributed by atoms with Crippen LogP contribution in [0.15, 0.2) is 48.5 Å². The van der Waals surface area contributed by atoms with Gasteiger partial charge in [-0.15, -0.1) is 0 Å². The first-order valence-corrected chi connectivity index (χ1v) is 8.18. The second-order valence-corrected chi connectivity index (χ2v) is 5.33. The van der Waals surface area contributed by atoms with Crippen molar-refractivity contribution in [2.24, 2.45) is 0 Å². The zero-order valence-electron chi connectivity index (χ0n) is 15.3. The Labute approximate surface area is 161 Å². The quantitative estimate of drug-likeness (QED) is 0.278. The Kier molecular flexibility index (Phi) is 7.27. The number of para-hydroxylation sites is 2. The largest absolute Gasteiger partial charge is 0.489 e. The summed E-state index contributed by atoms with van der Waals surface area (Å²) in [7, 11) is 2.23. The van der Waals surface area contributed by atoms with E-state index in [0.717, 1.165) is 14.2 Å². The van der Waals surface area contributed by atoms with E-state index in [0.29, 0.717) is 0 Å². The summed E-state index contributed by atoms with van der Waals surface area (Å²) < 4.78 is 19.9. The van der Waals surface area contributed by atoms with Crippen molar-refractivity contribution in [3.8, 4) is 11.5 Å². The summed E-state index contributed by atoms with van der Waals surface area (Å²) in [6.45, 7) is 0.0401. The average Bonchev–Trinajstić information content (AvgIpc) is 2.75. The Hall–Kier alpha value is -3.68. The number of carbonyl (C=O) groups is 4. The van der Waals surface area contributed by atoms with Crippen LogP contribution in [-0.4, -0.2) is 50.9 Å². The molecule has 8 nitrogen and oxygen atoms in total. The second-order valence-electron chi connectivity index (χ2n) is 5.33. The second kappa shape index (κ2) is 9.86. The van der Waals surface area contributed by atoms with Crippen molar-refractivity contribution < 1.29 is 38.1 Å². The van der Waals surface area contributed by atoms with Gasteiger partial charge in [0, 0.05) is 0 Å². The lowest BCUT2D eigenvalue weighted by Gasteiger charge is -2.12. The van der Waals surface area contributed by atoms with E-state index in [9.17, 15) is 19.2 Å². The summed E-state index contributed by atoms with van der Waals surface area (Å²) in [6, 6.07) is 12.4. The molecule has 0 bridgehead atoms. The minimum Gasteiger partial charge on any atom is -0.489 e. The molecular formula is C20H18O8. The van der Waals surface area contributed by atoms with E-state index in [1.807, 2.05) is 0 Å². The van der Waals surface area contributed by atoms with E-state index in [1.165, 1.54) is 24.3 Å². The summed E-state index contributed by atoms with van der Waals surface area (Å²) in [5.74, 6) is -3.26. The van der Waals surface area contributed by atoms with Gasteiger partial charge in [-0.2, -0.15) is 0 Å². The number of ketones is 2. The lowest BCUT2D eigenvalue weighted by Crippen LogP contribution is -2.19. The average molecular weight is 386 g/mol. The minimum atomic E-state index is -0.998. The molecule has 2 aromatic carbocycles. The van der Waals surface area contributed by atoms with Gasteiger partial charge in [0.25, 0.3) is 11.6 Å². The first kappa shape index (κ1) is 20.6. The Balaban J connectivity index is 2.02. The zero-order valence-corrected chi connectivity index (χ0v) is 15.3. The molecule has 0 radical (unpaired) electrons. The van der Waals surface area contributed by atoms with Gasteiger partial charge in [-0.1, -0.05) is 24.3 Å². The lowest BCUT2D eigenvalue weighted by atomic mass is 10.1. The normalized spacial score (nSPS) is 9.93. The van der Waals surface area contributed by atoms with E-state index in [1.54, 1.807) is 24.3 Å². The molecule has 0 aliphatic rings. The number of hydrogen-bond donors (Lipinski definition) is 0. The van der Waals surface area contributed by atoms with Gasteiger partial charge >= 0.3 is 11.9 Å². The van der Waals surface area contributed by atoms with Crippen molar-refractivity contribution in [2.75, 3.05) is 27.4 Å². The molecule has 0 aromatic heterocycles. The van der Waals surface area contributed by atoms with Crippen LogP contribution in [0.5, 0.6) is 11.5 Å². The van der Waals surface area contributed by atoms with Gasteiger partial charge in [0.2, 0.25) is 0 Å². The maximum atomic E-state index is 12.0. The predicted molar refractivity (Wildman–Crippen MR) is 96.6 cm³/mol. The van der Waals surface area contributed by atoms with Crippen molar-refractivity contribution in [2.45, 2.75) is 0 Å². The third-order valence-electron chi connectivity index (χ3n) is 3.60.